The summed E-state index contributed by atoms with van der Waals surface area (Å²) in [5.41, 5.74) is 2.20. The van der Waals surface area contributed by atoms with Crippen LogP contribution in [0.15, 0.2) is 66.1 Å². The third kappa shape index (κ3) is 5.13. The summed E-state index contributed by atoms with van der Waals surface area (Å²) < 4.78 is 34.7. The van der Waals surface area contributed by atoms with Crippen LogP contribution in [-0.2, 0) is 14.8 Å². The number of nitrogens with one attached hydrogen (secondary N) is 1. The van der Waals surface area contributed by atoms with E-state index in [4.69, 9.17) is 4.74 Å². The summed E-state index contributed by atoms with van der Waals surface area (Å²) in [6.45, 7) is 6.22. The Labute approximate surface area is 193 Å². The summed E-state index contributed by atoms with van der Waals surface area (Å²) in [6, 6.07) is 13.4. The molecule has 1 aromatic heterocycles. The number of morpholine rings is 1. The zero-order valence-electron chi connectivity index (χ0n) is 18.7. The van der Waals surface area contributed by atoms with Crippen molar-refractivity contribution in [2.45, 2.75) is 43.9 Å². The molecule has 1 aliphatic rings. The zero-order chi connectivity index (χ0) is 23.6. The maximum Gasteiger partial charge on any atom is 0.251 e. The minimum absolute atomic E-state index is 0.164. The first-order valence-corrected chi connectivity index (χ1v) is 12.2. The van der Waals surface area contributed by atoms with Gasteiger partial charge in [0, 0.05) is 18.7 Å². The summed E-state index contributed by atoms with van der Waals surface area (Å²) in [7, 11) is -3.65. The van der Waals surface area contributed by atoms with Gasteiger partial charge in [0.1, 0.15) is 12.7 Å². The molecule has 33 heavy (non-hydrogen) atoms. The van der Waals surface area contributed by atoms with Crippen molar-refractivity contribution in [1.29, 1.82) is 0 Å². The molecule has 1 N–H and O–H groups in total. The van der Waals surface area contributed by atoms with Crippen molar-refractivity contribution in [3.05, 3.63) is 72.3 Å². The van der Waals surface area contributed by atoms with Crippen LogP contribution >= 0.6 is 0 Å². The molecule has 10 heteroatoms. The molecule has 0 unspecified atom stereocenters. The van der Waals surface area contributed by atoms with E-state index >= 15 is 0 Å². The van der Waals surface area contributed by atoms with Gasteiger partial charge in [0.05, 0.1) is 28.8 Å². The standard InChI is InChI=1S/C23H27N5O4S/c1-16-12-27(13-17(2)32-16)33(30,31)22-10-6-20(7-11-22)23(29)26-18(3)19-4-8-21(9-5-19)28-15-24-14-25-28/h4-11,14-18H,12-13H2,1-3H3,(H,26,29)/t16-,17-,18-/m1/s1. The summed E-state index contributed by atoms with van der Waals surface area (Å²) in [5, 5.41) is 7.04. The molecular weight excluding hydrogens is 442 g/mol. The third-order valence-corrected chi connectivity index (χ3v) is 7.41. The van der Waals surface area contributed by atoms with E-state index in [2.05, 4.69) is 15.4 Å². The van der Waals surface area contributed by atoms with Gasteiger partial charge in [0.2, 0.25) is 10.0 Å². The molecule has 0 aliphatic carbocycles. The average Bonchev–Trinajstić information content (AvgIpc) is 3.33. The second kappa shape index (κ2) is 9.42. The molecule has 1 saturated heterocycles. The van der Waals surface area contributed by atoms with Crippen LogP contribution in [0.5, 0.6) is 0 Å². The number of sulfonamides is 1. The zero-order valence-corrected chi connectivity index (χ0v) is 19.6. The van der Waals surface area contributed by atoms with Crippen LogP contribution in [0.25, 0.3) is 5.69 Å². The van der Waals surface area contributed by atoms with E-state index in [1.807, 2.05) is 45.0 Å². The van der Waals surface area contributed by atoms with E-state index in [1.165, 1.54) is 34.9 Å². The van der Waals surface area contributed by atoms with Crippen LogP contribution in [0.4, 0.5) is 0 Å². The average molecular weight is 470 g/mol. The number of aromatic nitrogens is 3. The largest absolute Gasteiger partial charge is 0.373 e. The van der Waals surface area contributed by atoms with Gasteiger partial charge in [0.25, 0.3) is 5.91 Å². The Morgan fingerprint density at radius 2 is 1.70 bits per heavy atom. The predicted octanol–water partition coefficient (Wildman–Crippen LogP) is 2.56. The van der Waals surface area contributed by atoms with Crippen molar-refractivity contribution < 1.29 is 17.9 Å². The number of amides is 1. The van der Waals surface area contributed by atoms with Crippen molar-refractivity contribution in [2.75, 3.05) is 13.1 Å². The summed E-state index contributed by atoms with van der Waals surface area (Å²) in [5.74, 6) is -0.277. The highest BCUT2D eigenvalue weighted by atomic mass is 32.2. The van der Waals surface area contributed by atoms with Gasteiger partial charge in [-0.3, -0.25) is 4.79 Å². The van der Waals surface area contributed by atoms with Crippen LogP contribution in [-0.4, -0.2) is 58.7 Å². The van der Waals surface area contributed by atoms with Crippen LogP contribution in [0.2, 0.25) is 0 Å². The molecule has 3 aromatic rings. The number of hydrogen-bond acceptors (Lipinski definition) is 6. The first kappa shape index (κ1) is 23.1. The lowest BCUT2D eigenvalue weighted by Gasteiger charge is -2.34. The predicted molar refractivity (Wildman–Crippen MR) is 122 cm³/mol. The Bertz CT molecular complexity index is 1180. The lowest BCUT2D eigenvalue weighted by atomic mass is 10.1. The van der Waals surface area contributed by atoms with Gasteiger partial charge in [-0.2, -0.15) is 9.40 Å². The van der Waals surface area contributed by atoms with Crippen molar-refractivity contribution in [1.82, 2.24) is 24.4 Å². The number of benzene rings is 2. The molecule has 1 aliphatic heterocycles. The molecule has 1 amide bonds. The van der Waals surface area contributed by atoms with Crippen molar-refractivity contribution >= 4 is 15.9 Å². The highest BCUT2D eigenvalue weighted by Crippen LogP contribution is 2.22. The quantitative estimate of drug-likeness (QED) is 0.595. The molecule has 9 nitrogen and oxygen atoms in total. The molecule has 2 aromatic carbocycles. The fraction of sp³-hybridized carbons (Fsp3) is 0.348. The van der Waals surface area contributed by atoms with Crippen molar-refractivity contribution in [3.63, 3.8) is 0 Å². The second-order valence-corrected chi connectivity index (χ2v) is 10.2. The Kier molecular flexibility index (Phi) is 6.59. The number of carbonyl (C=O) groups is 1. The molecule has 0 saturated carbocycles. The number of carbonyl (C=O) groups excluding carboxylic acids is 1. The van der Waals surface area contributed by atoms with E-state index in [0.717, 1.165) is 11.3 Å². The molecule has 2 heterocycles. The molecule has 0 bridgehead atoms. The normalized spacial score (nSPS) is 20.3. The van der Waals surface area contributed by atoms with E-state index in [9.17, 15) is 13.2 Å². The van der Waals surface area contributed by atoms with Crippen molar-refractivity contribution in [3.8, 4) is 5.69 Å². The van der Waals surface area contributed by atoms with Crippen LogP contribution in [0.1, 0.15) is 42.7 Å². The van der Waals surface area contributed by atoms with Gasteiger partial charge in [0.15, 0.2) is 0 Å². The highest BCUT2D eigenvalue weighted by Gasteiger charge is 2.32. The number of rotatable bonds is 6. The summed E-state index contributed by atoms with van der Waals surface area (Å²) >= 11 is 0. The lowest BCUT2D eigenvalue weighted by molar-refractivity contribution is -0.0440. The number of nitrogens with zero attached hydrogens (tertiary/aromatic N) is 4. The first-order chi connectivity index (χ1) is 15.7. The lowest BCUT2D eigenvalue weighted by Crippen LogP contribution is -2.48. The maximum atomic E-state index is 13.0. The second-order valence-electron chi connectivity index (χ2n) is 8.23. The summed E-state index contributed by atoms with van der Waals surface area (Å²) in [4.78, 5) is 16.8. The number of ether oxygens (including phenoxy) is 1. The molecule has 1 fully saturated rings. The monoisotopic (exact) mass is 469 g/mol. The van der Waals surface area contributed by atoms with Crippen LogP contribution in [0.3, 0.4) is 0 Å². The first-order valence-electron chi connectivity index (χ1n) is 10.8. The minimum atomic E-state index is -3.65. The third-order valence-electron chi connectivity index (χ3n) is 5.56. The fourth-order valence-corrected chi connectivity index (χ4v) is 5.47. The van der Waals surface area contributed by atoms with Gasteiger partial charge in [-0.25, -0.2) is 18.1 Å². The van der Waals surface area contributed by atoms with Crippen molar-refractivity contribution in [2.24, 2.45) is 0 Å². The maximum absolute atomic E-state index is 13.0. The van der Waals surface area contributed by atoms with Crippen LogP contribution in [0, 0.1) is 0 Å². The topological polar surface area (TPSA) is 106 Å². The molecule has 0 radical (unpaired) electrons. The Hall–Kier alpha value is -3.08. The van der Waals surface area contributed by atoms with Gasteiger partial charge in [-0.1, -0.05) is 12.1 Å². The molecule has 3 atom stereocenters. The molecule has 4 rings (SSSR count). The smallest absolute Gasteiger partial charge is 0.251 e. The SMILES string of the molecule is C[C@@H]1CN(S(=O)(=O)c2ccc(C(=O)N[C@H](C)c3ccc(-n4cncn4)cc3)cc2)C[C@@H](C)O1. The van der Waals surface area contributed by atoms with Crippen LogP contribution < -0.4 is 5.32 Å². The van der Waals surface area contributed by atoms with Gasteiger partial charge in [-0.15, -0.1) is 0 Å². The molecule has 174 valence electrons. The fourth-order valence-electron chi connectivity index (χ4n) is 3.87. The molecular formula is C23H27N5O4S. The summed E-state index contributed by atoms with van der Waals surface area (Å²) in [6.07, 6.45) is 2.75. The van der Waals surface area contributed by atoms with E-state index in [0.29, 0.717) is 18.7 Å². The Morgan fingerprint density at radius 3 is 2.27 bits per heavy atom. The van der Waals surface area contributed by atoms with Gasteiger partial charge in [-0.05, 0) is 62.7 Å². The van der Waals surface area contributed by atoms with E-state index in [1.54, 1.807) is 11.0 Å². The molecule has 0 spiro atoms. The van der Waals surface area contributed by atoms with E-state index in [-0.39, 0.29) is 29.1 Å². The Morgan fingerprint density at radius 1 is 1.06 bits per heavy atom. The number of hydrogen-bond donors (Lipinski definition) is 1. The minimum Gasteiger partial charge on any atom is -0.373 e. The van der Waals surface area contributed by atoms with Gasteiger partial charge < -0.3 is 10.1 Å². The van der Waals surface area contributed by atoms with Gasteiger partial charge >= 0.3 is 0 Å². The van der Waals surface area contributed by atoms with E-state index < -0.39 is 10.0 Å². The highest BCUT2D eigenvalue weighted by molar-refractivity contribution is 7.89. The Balaban J connectivity index is 1.42.